The van der Waals surface area contributed by atoms with Gasteiger partial charge in [0.05, 0.1) is 11.4 Å². The molecule has 2 heterocycles. The van der Waals surface area contributed by atoms with E-state index in [4.69, 9.17) is 5.73 Å². The molecule has 0 aliphatic carbocycles. The molecule has 0 aromatic carbocycles. The highest BCUT2D eigenvalue weighted by molar-refractivity contribution is 5.41. The predicted octanol–water partition coefficient (Wildman–Crippen LogP) is 0.454. The molecular formula is C12H20N4. The van der Waals surface area contributed by atoms with E-state index in [0.717, 1.165) is 50.5 Å². The van der Waals surface area contributed by atoms with Gasteiger partial charge in [-0.3, -0.25) is 4.98 Å². The lowest BCUT2D eigenvalue weighted by molar-refractivity contribution is 0.155. The summed E-state index contributed by atoms with van der Waals surface area (Å²) >= 11 is 0. The molecule has 4 heteroatoms. The Morgan fingerprint density at radius 1 is 1.31 bits per heavy atom. The van der Waals surface area contributed by atoms with E-state index in [0.29, 0.717) is 0 Å². The van der Waals surface area contributed by atoms with Crippen molar-refractivity contribution in [1.29, 1.82) is 0 Å². The lowest BCUT2D eigenvalue weighted by Gasteiger charge is -2.32. The topological polar surface area (TPSA) is 45.4 Å². The van der Waals surface area contributed by atoms with Crippen LogP contribution in [0.1, 0.15) is 5.69 Å². The number of nitrogens with two attached hydrogens (primary N) is 1. The second kappa shape index (κ2) is 5.27. The third-order valence-corrected chi connectivity index (χ3v) is 3.19. The summed E-state index contributed by atoms with van der Waals surface area (Å²) in [6.45, 7) is 5.71. The Labute approximate surface area is 97.1 Å². The van der Waals surface area contributed by atoms with E-state index in [1.807, 2.05) is 18.3 Å². The Morgan fingerprint density at radius 3 is 2.75 bits per heavy atom. The zero-order chi connectivity index (χ0) is 11.4. The molecule has 0 unspecified atom stereocenters. The molecule has 0 spiro atoms. The predicted molar refractivity (Wildman–Crippen MR) is 66.3 cm³/mol. The second-order valence-electron chi connectivity index (χ2n) is 4.43. The van der Waals surface area contributed by atoms with Gasteiger partial charge in [0, 0.05) is 45.3 Å². The van der Waals surface area contributed by atoms with Crippen LogP contribution in [-0.2, 0) is 6.42 Å². The van der Waals surface area contributed by atoms with Crippen LogP contribution in [-0.4, -0.2) is 54.6 Å². The molecule has 2 rings (SSSR count). The summed E-state index contributed by atoms with van der Waals surface area (Å²) in [7, 11) is 2.17. The van der Waals surface area contributed by atoms with Gasteiger partial charge in [-0.15, -0.1) is 0 Å². The molecule has 0 amide bonds. The number of nitrogens with zero attached hydrogens (tertiary/aromatic N) is 3. The van der Waals surface area contributed by atoms with Gasteiger partial charge in [-0.25, -0.2) is 0 Å². The van der Waals surface area contributed by atoms with Crippen molar-refractivity contribution in [3.05, 3.63) is 24.0 Å². The number of rotatable bonds is 3. The lowest BCUT2D eigenvalue weighted by Crippen LogP contribution is -2.45. The number of piperazine rings is 1. The van der Waals surface area contributed by atoms with E-state index in [-0.39, 0.29) is 0 Å². The number of aromatic nitrogens is 1. The maximum absolute atomic E-state index is 5.87. The Balaban J connectivity index is 1.81. The van der Waals surface area contributed by atoms with Crippen LogP contribution in [0.2, 0.25) is 0 Å². The number of anilines is 1. The van der Waals surface area contributed by atoms with E-state index in [1.54, 1.807) is 0 Å². The molecule has 0 bridgehead atoms. The number of likely N-dealkylation sites (N-methyl/N-ethyl adjacent to an activating group) is 1. The molecular weight excluding hydrogens is 200 g/mol. The minimum Gasteiger partial charge on any atom is -0.397 e. The molecule has 1 aliphatic rings. The first-order valence-corrected chi connectivity index (χ1v) is 5.86. The van der Waals surface area contributed by atoms with E-state index >= 15 is 0 Å². The smallest absolute Gasteiger partial charge is 0.0645 e. The van der Waals surface area contributed by atoms with Crippen LogP contribution < -0.4 is 5.73 Å². The average Bonchev–Trinajstić information content (AvgIpc) is 2.30. The van der Waals surface area contributed by atoms with E-state index in [9.17, 15) is 0 Å². The van der Waals surface area contributed by atoms with Gasteiger partial charge in [0.1, 0.15) is 0 Å². The Kier molecular flexibility index (Phi) is 3.74. The van der Waals surface area contributed by atoms with Gasteiger partial charge in [-0.1, -0.05) is 0 Å². The fourth-order valence-corrected chi connectivity index (χ4v) is 1.99. The quantitative estimate of drug-likeness (QED) is 0.803. The fourth-order valence-electron chi connectivity index (χ4n) is 1.99. The molecule has 1 fully saturated rings. The summed E-state index contributed by atoms with van der Waals surface area (Å²) in [5, 5.41) is 0. The van der Waals surface area contributed by atoms with Crippen molar-refractivity contribution in [1.82, 2.24) is 14.8 Å². The normalized spacial score (nSPS) is 18.8. The zero-order valence-electron chi connectivity index (χ0n) is 9.89. The van der Waals surface area contributed by atoms with Crippen LogP contribution in [0, 0.1) is 0 Å². The molecule has 4 nitrogen and oxygen atoms in total. The average molecular weight is 220 g/mol. The molecule has 16 heavy (non-hydrogen) atoms. The van der Waals surface area contributed by atoms with Crippen molar-refractivity contribution in [2.75, 3.05) is 45.5 Å². The van der Waals surface area contributed by atoms with Crippen LogP contribution in [0.4, 0.5) is 5.69 Å². The SMILES string of the molecule is CN1CCN(CCc2ncccc2N)CC1. The van der Waals surface area contributed by atoms with E-state index in [1.165, 1.54) is 0 Å². The standard InChI is InChI=1S/C12H20N4/c1-15-7-9-16(10-8-15)6-4-12-11(13)3-2-5-14-12/h2-3,5H,4,6-10,13H2,1H3. The summed E-state index contributed by atoms with van der Waals surface area (Å²) < 4.78 is 0. The lowest BCUT2D eigenvalue weighted by atomic mass is 10.2. The van der Waals surface area contributed by atoms with Gasteiger partial charge in [-0.05, 0) is 19.2 Å². The summed E-state index contributed by atoms with van der Waals surface area (Å²) in [6, 6.07) is 3.81. The first kappa shape index (κ1) is 11.4. The summed E-state index contributed by atoms with van der Waals surface area (Å²) in [6.07, 6.45) is 2.77. The van der Waals surface area contributed by atoms with Gasteiger partial charge >= 0.3 is 0 Å². The minimum atomic E-state index is 0.816. The molecule has 1 aromatic rings. The molecule has 88 valence electrons. The monoisotopic (exact) mass is 220 g/mol. The maximum Gasteiger partial charge on any atom is 0.0645 e. The van der Waals surface area contributed by atoms with Crippen LogP contribution in [0.15, 0.2) is 18.3 Å². The van der Waals surface area contributed by atoms with Crippen molar-refractivity contribution >= 4 is 5.69 Å². The molecule has 0 radical (unpaired) electrons. The molecule has 1 saturated heterocycles. The first-order chi connectivity index (χ1) is 7.75. The number of hydrogen-bond donors (Lipinski definition) is 1. The molecule has 1 aromatic heterocycles. The highest BCUT2D eigenvalue weighted by Gasteiger charge is 2.13. The van der Waals surface area contributed by atoms with E-state index in [2.05, 4.69) is 21.8 Å². The molecule has 0 atom stereocenters. The number of hydrogen-bond acceptors (Lipinski definition) is 4. The van der Waals surface area contributed by atoms with Crippen molar-refractivity contribution in [2.24, 2.45) is 0 Å². The van der Waals surface area contributed by atoms with Gasteiger partial charge in [0.2, 0.25) is 0 Å². The largest absolute Gasteiger partial charge is 0.397 e. The highest BCUT2D eigenvalue weighted by atomic mass is 15.2. The third-order valence-electron chi connectivity index (χ3n) is 3.19. The van der Waals surface area contributed by atoms with Gasteiger partial charge in [-0.2, -0.15) is 0 Å². The highest BCUT2D eigenvalue weighted by Crippen LogP contribution is 2.09. The van der Waals surface area contributed by atoms with Crippen molar-refractivity contribution in [2.45, 2.75) is 6.42 Å². The van der Waals surface area contributed by atoms with Gasteiger partial charge < -0.3 is 15.5 Å². The molecule has 2 N–H and O–H groups in total. The minimum absolute atomic E-state index is 0.816. The Bertz CT molecular complexity index is 332. The van der Waals surface area contributed by atoms with E-state index < -0.39 is 0 Å². The van der Waals surface area contributed by atoms with Gasteiger partial charge in [0.15, 0.2) is 0 Å². The number of nitrogen functional groups attached to an aromatic ring is 1. The maximum atomic E-state index is 5.87. The third kappa shape index (κ3) is 2.93. The van der Waals surface area contributed by atoms with Gasteiger partial charge in [0.25, 0.3) is 0 Å². The van der Waals surface area contributed by atoms with Crippen LogP contribution >= 0.6 is 0 Å². The Hall–Kier alpha value is -1.13. The first-order valence-electron chi connectivity index (χ1n) is 5.86. The van der Waals surface area contributed by atoms with Crippen LogP contribution in [0.3, 0.4) is 0 Å². The van der Waals surface area contributed by atoms with Crippen LogP contribution in [0.25, 0.3) is 0 Å². The van der Waals surface area contributed by atoms with Crippen molar-refractivity contribution < 1.29 is 0 Å². The molecule has 0 saturated carbocycles. The van der Waals surface area contributed by atoms with Crippen LogP contribution in [0.5, 0.6) is 0 Å². The van der Waals surface area contributed by atoms with Crippen molar-refractivity contribution in [3.8, 4) is 0 Å². The second-order valence-corrected chi connectivity index (χ2v) is 4.43. The zero-order valence-corrected chi connectivity index (χ0v) is 9.89. The Morgan fingerprint density at radius 2 is 2.06 bits per heavy atom. The molecule has 1 aliphatic heterocycles. The summed E-state index contributed by atoms with van der Waals surface area (Å²) in [5.74, 6) is 0. The summed E-state index contributed by atoms with van der Waals surface area (Å²) in [5.41, 5.74) is 7.71. The number of pyridine rings is 1. The van der Waals surface area contributed by atoms with Crippen molar-refractivity contribution in [3.63, 3.8) is 0 Å². The summed E-state index contributed by atoms with van der Waals surface area (Å²) in [4.78, 5) is 9.16. The fraction of sp³-hybridized carbons (Fsp3) is 0.583.